The second-order valence-corrected chi connectivity index (χ2v) is 3.66. The number of ether oxygens (including phenoxy) is 1. The SMILES string of the molecule is CC(C)COC(=O)NCC(C)CO. The molecule has 4 nitrogen and oxygen atoms in total. The zero-order chi connectivity index (χ0) is 10.3. The van der Waals surface area contributed by atoms with E-state index in [0.717, 1.165) is 0 Å². The molecule has 0 aromatic rings. The van der Waals surface area contributed by atoms with Crippen LogP contribution < -0.4 is 5.32 Å². The fourth-order valence-electron chi connectivity index (χ4n) is 0.615. The molecule has 0 spiro atoms. The zero-order valence-electron chi connectivity index (χ0n) is 8.54. The number of amides is 1. The van der Waals surface area contributed by atoms with Crippen LogP contribution >= 0.6 is 0 Å². The van der Waals surface area contributed by atoms with Crippen molar-refractivity contribution in [1.29, 1.82) is 0 Å². The van der Waals surface area contributed by atoms with Crippen LogP contribution in [0.15, 0.2) is 0 Å². The molecule has 1 atom stereocenters. The third-order valence-corrected chi connectivity index (χ3v) is 1.45. The summed E-state index contributed by atoms with van der Waals surface area (Å²) < 4.78 is 4.87. The van der Waals surface area contributed by atoms with Crippen LogP contribution in [0.3, 0.4) is 0 Å². The molecule has 78 valence electrons. The lowest BCUT2D eigenvalue weighted by Crippen LogP contribution is -2.30. The third-order valence-electron chi connectivity index (χ3n) is 1.45. The van der Waals surface area contributed by atoms with E-state index in [9.17, 15) is 4.79 Å². The van der Waals surface area contributed by atoms with Gasteiger partial charge < -0.3 is 15.2 Å². The van der Waals surface area contributed by atoms with Gasteiger partial charge in [0, 0.05) is 13.2 Å². The van der Waals surface area contributed by atoms with Crippen molar-refractivity contribution in [2.24, 2.45) is 11.8 Å². The molecule has 1 unspecified atom stereocenters. The van der Waals surface area contributed by atoms with Crippen molar-refractivity contribution in [2.45, 2.75) is 20.8 Å². The Labute approximate surface area is 79.3 Å². The molecule has 0 bridgehead atoms. The Morgan fingerprint density at radius 1 is 1.46 bits per heavy atom. The second kappa shape index (κ2) is 6.71. The Balaban J connectivity index is 3.40. The minimum Gasteiger partial charge on any atom is -0.449 e. The van der Waals surface area contributed by atoms with Crippen molar-refractivity contribution in [1.82, 2.24) is 5.32 Å². The summed E-state index contributed by atoms with van der Waals surface area (Å²) in [6.45, 7) is 6.76. The molecule has 4 heteroatoms. The molecule has 0 saturated heterocycles. The minimum absolute atomic E-state index is 0.0739. The number of carbonyl (C=O) groups is 1. The van der Waals surface area contributed by atoms with E-state index in [0.29, 0.717) is 19.1 Å². The van der Waals surface area contributed by atoms with Gasteiger partial charge in [0.15, 0.2) is 0 Å². The maximum atomic E-state index is 11.0. The number of nitrogens with one attached hydrogen (secondary N) is 1. The molecule has 0 aromatic heterocycles. The van der Waals surface area contributed by atoms with E-state index < -0.39 is 6.09 Å². The molecule has 2 N–H and O–H groups in total. The first kappa shape index (κ1) is 12.2. The molecule has 0 aliphatic carbocycles. The molecular formula is C9H19NO3. The summed E-state index contributed by atoms with van der Waals surface area (Å²) in [7, 11) is 0. The lowest BCUT2D eigenvalue weighted by atomic mass is 10.2. The molecule has 0 heterocycles. The van der Waals surface area contributed by atoms with E-state index in [1.807, 2.05) is 20.8 Å². The van der Waals surface area contributed by atoms with Crippen molar-refractivity contribution in [3.63, 3.8) is 0 Å². The molecule has 0 fully saturated rings. The largest absolute Gasteiger partial charge is 0.449 e. The summed E-state index contributed by atoms with van der Waals surface area (Å²) in [5, 5.41) is 11.2. The molecule has 13 heavy (non-hydrogen) atoms. The van der Waals surface area contributed by atoms with Crippen LogP contribution in [0, 0.1) is 11.8 Å². The summed E-state index contributed by atoms with van der Waals surface area (Å²) in [5.74, 6) is 0.424. The van der Waals surface area contributed by atoms with Crippen molar-refractivity contribution in [2.75, 3.05) is 19.8 Å². The fraction of sp³-hybridized carbons (Fsp3) is 0.889. The van der Waals surface area contributed by atoms with E-state index in [2.05, 4.69) is 5.32 Å². The van der Waals surface area contributed by atoms with Crippen LogP contribution in [0.4, 0.5) is 4.79 Å². The Morgan fingerprint density at radius 3 is 2.54 bits per heavy atom. The highest BCUT2D eigenvalue weighted by atomic mass is 16.5. The van der Waals surface area contributed by atoms with Crippen LogP contribution in [-0.2, 0) is 4.74 Å². The van der Waals surface area contributed by atoms with Gasteiger partial charge in [-0.15, -0.1) is 0 Å². The Bertz CT molecular complexity index is 148. The lowest BCUT2D eigenvalue weighted by Gasteiger charge is -2.11. The van der Waals surface area contributed by atoms with E-state index in [1.54, 1.807) is 0 Å². The van der Waals surface area contributed by atoms with E-state index in [4.69, 9.17) is 9.84 Å². The average Bonchev–Trinajstić information content (AvgIpc) is 2.10. The third kappa shape index (κ3) is 7.59. The maximum absolute atomic E-state index is 11.0. The van der Waals surface area contributed by atoms with Crippen molar-refractivity contribution < 1.29 is 14.6 Å². The summed E-state index contributed by atoms with van der Waals surface area (Å²) in [6, 6.07) is 0. The smallest absolute Gasteiger partial charge is 0.407 e. The number of alkyl carbamates (subject to hydrolysis) is 1. The predicted molar refractivity (Wildman–Crippen MR) is 50.4 cm³/mol. The van der Waals surface area contributed by atoms with Gasteiger partial charge >= 0.3 is 6.09 Å². The minimum atomic E-state index is -0.408. The number of hydrogen-bond donors (Lipinski definition) is 2. The standard InChI is InChI=1S/C9H19NO3/c1-7(2)6-13-9(12)10-4-8(3)5-11/h7-8,11H,4-6H2,1-3H3,(H,10,12). The Morgan fingerprint density at radius 2 is 2.08 bits per heavy atom. The molecule has 0 radical (unpaired) electrons. The molecule has 0 saturated carbocycles. The highest BCUT2D eigenvalue weighted by Crippen LogP contribution is 1.93. The van der Waals surface area contributed by atoms with Crippen molar-refractivity contribution in [3.05, 3.63) is 0 Å². The fourth-order valence-corrected chi connectivity index (χ4v) is 0.615. The van der Waals surface area contributed by atoms with E-state index in [-0.39, 0.29) is 12.5 Å². The van der Waals surface area contributed by atoms with Crippen LogP contribution in [0.25, 0.3) is 0 Å². The van der Waals surface area contributed by atoms with Gasteiger partial charge in [0.05, 0.1) is 6.61 Å². The van der Waals surface area contributed by atoms with Gasteiger partial charge in [-0.2, -0.15) is 0 Å². The maximum Gasteiger partial charge on any atom is 0.407 e. The molecule has 0 aliphatic rings. The number of aliphatic hydroxyl groups is 1. The average molecular weight is 189 g/mol. The van der Waals surface area contributed by atoms with Crippen molar-refractivity contribution >= 4 is 6.09 Å². The van der Waals surface area contributed by atoms with Crippen LogP contribution in [0.1, 0.15) is 20.8 Å². The predicted octanol–water partition coefficient (Wildman–Crippen LogP) is 0.997. The monoisotopic (exact) mass is 189 g/mol. The number of hydrogen-bond acceptors (Lipinski definition) is 3. The first-order chi connectivity index (χ1) is 6.06. The Hall–Kier alpha value is -0.770. The number of aliphatic hydroxyl groups excluding tert-OH is 1. The van der Waals surface area contributed by atoms with Gasteiger partial charge in [0.1, 0.15) is 0 Å². The van der Waals surface area contributed by atoms with Crippen LogP contribution in [0.2, 0.25) is 0 Å². The van der Waals surface area contributed by atoms with Gasteiger partial charge in [-0.3, -0.25) is 0 Å². The van der Waals surface area contributed by atoms with Gasteiger partial charge in [-0.05, 0) is 11.8 Å². The van der Waals surface area contributed by atoms with E-state index in [1.165, 1.54) is 0 Å². The second-order valence-electron chi connectivity index (χ2n) is 3.66. The summed E-state index contributed by atoms with van der Waals surface area (Å²) in [4.78, 5) is 11.0. The first-order valence-electron chi connectivity index (χ1n) is 4.57. The normalized spacial score (nSPS) is 12.7. The van der Waals surface area contributed by atoms with E-state index >= 15 is 0 Å². The summed E-state index contributed by atoms with van der Waals surface area (Å²) >= 11 is 0. The van der Waals surface area contributed by atoms with Gasteiger partial charge in [-0.25, -0.2) is 4.79 Å². The molecule has 1 amide bonds. The number of rotatable bonds is 5. The molecular weight excluding hydrogens is 170 g/mol. The van der Waals surface area contributed by atoms with Crippen molar-refractivity contribution in [3.8, 4) is 0 Å². The van der Waals surface area contributed by atoms with Gasteiger partial charge in [0.2, 0.25) is 0 Å². The van der Waals surface area contributed by atoms with Crippen LogP contribution in [-0.4, -0.2) is 31.0 Å². The topological polar surface area (TPSA) is 58.6 Å². The Kier molecular flexibility index (Phi) is 6.32. The van der Waals surface area contributed by atoms with Crippen LogP contribution in [0.5, 0.6) is 0 Å². The quantitative estimate of drug-likeness (QED) is 0.678. The summed E-state index contributed by atoms with van der Waals surface area (Å²) in [6.07, 6.45) is -0.408. The molecule has 0 aromatic carbocycles. The molecule has 0 aliphatic heterocycles. The molecule has 0 rings (SSSR count). The summed E-state index contributed by atoms with van der Waals surface area (Å²) in [5.41, 5.74) is 0. The van der Waals surface area contributed by atoms with Gasteiger partial charge in [-0.1, -0.05) is 20.8 Å². The first-order valence-corrected chi connectivity index (χ1v) is 4.57. The van der Waals surface area contributed by atoms with Gasteiger partial charge in [0.25, 0.3) is 0 Å². The number of carbonyl (C=O) groups excluding carboxylic acids is 1. The zero-order valence-corrected chi connectivity index (χ0v) is 8.54. The highest BCUT2D eigenvalue weighted by molar-refractivity contribution is 5.67. The lowest BCUT2D eigenvalue weighted by molar-refractivity contribution is 0.129. The highest BCUT2D eigenvalue weighted by Gasteiger charge is 2.05.